The Bertz CT molecular complexity index is 613. The molecule has 0 aliphatic rings. The molecule has 1 atom stereocenters. The van der Waals surface area contributed by atoms with E-state index >= 15 is 0 Å². The van der Waals surface area contributed by atoms with E-state index in [2.05, 4.69) is 21.2 Å². The number of hydrogen-bond donors (Lipinski definition) is 3. The maximum Gasteiger partial charge on any atom is 0.224 e. The van der Waals surface area contributed by atoms with E-state index in [-0.39, 0.29) is 11.4 Å². The molecule has 0 aromatic heterocycles. The number of aliphatic hydroxyl groups is 1. The Morgan fingerprint density at radius 3 is 2.22 bits per heavy atom. The summed E-state index contributed by atoms with van der Waals surface area (Å²) in [4.78, 5) is 11.9. The van der Waals surface area contributed by atoms with Crippen LogP contribution in [0.25, 0.3) is 0 Å². The molecule has 0 aliphatic heterocycles. The second kappa shape index (κ2) is 9.42. The van der Waals surface area contributed by atoms with Crippen LogP contribution in [0.3, 0.4) is 0 Å². The Hall–Kier alpha value is -1.73. The molecule has 0 saturated carbocycles. The summed E-state index contributed by atoms with van der Waals surface area (Å²) in [6.45, 7) is 0.583. The van der Waals surface area contributed by atoms with Gasteiger partial charge in [-0.05, 0) is 35.2 Å². The summed E-state index contributed by atoms with van der Waals surface area (Å²) < 4.78 is 1.00. The second-order valence-electron chi connectivity index (χ2n) is 5.09. The molecule has 2 aromatic carbocycles. The molecule has 0 fully saturated rings. The summed E-state index contributed by atoms with van der Waals surface area (Å²) in [6.07, 6.45) is 0.179. The van der Waals surface area contributed by atoms with Crippen LogP contribution in [0.2, 0.25) is 0 Å². The second-order valence-corrected chi connectivity index (χ2v) is 6.01. The molecule has 2 aromatic rings. The predicted octanol–water partition coefficient (Wildman–Crippen LogP) is 1.48. The van der Waals surface area contributed by atoms with Gasteiger partial charge in [-0.2, -0.15) is 0 Å². The third-order valence-electron chi connectivity index (χ3n) is 3.34. The number of rotatable bonds is 6. The van der Waals surface area contributed by atoms with Gasteiger partial charge in [-0.1, -0.05) is 52.3 Å². The van der Waals surface area contributed by atoms with Crippen LogP contribution in [0, 0.1) is 0 Å². The lowest BCUT2D eigenvalue weighted by Crippen LogP contribution is -2.27. The van der Waals surface area contributed by atoms with Crippen molar-refractivity contribution in [3.05, 3.63) is 69.7 Å². The van der Waals surface area contributed by atoms with E-state index in [0.717, 1.165) is 22.0 Å². The number of aliphatic hydroxyl groups excluding tert-OH is 1. The molecular formula is C17H21BrN2O3. The summed E-state index contributed by atoms with van der Waals surface area (Å²) >= 11 is 3.37. The molecule has 0 heterocycles. The summed E-state index contributed by atoms with van der Waals surface area (Å²) in [5, 5.41) is 12.1. The summed E-state index contributed by atoms with van der Waals surface area (Å²) in [6, 6.07) is 15.1. The standard InChI is InChI=1S/C17H19BrN2O2.H2O/c18-15-7-3-13(4-8-15)11-16(21)20-10-9-12-1-5-14(6-2-12)17(19)22;/h1-8,17,22H,9-11,19H2,(H,20,21);1H2. The van der Waals surface area contributed by atoms with Crippen LogP contribution in [-0.2, 0) is 17.6 Å². The third-order valence-corrected chi connectivity index (χ3v) is 3.86. The van der Waals surface area contributed by atoms with Crippen molar-refractivity contribution in [2.24, 2.45) is 5.73 Å². The average Bonchev–Trinajstić information content (AvgIpc) is 2.50. The first kappa shape index (κ1) is 19.3. The van der Waals surface area contributed by atoms with Gasteiger partial charge in [0.15, 0.2) is 0 Å². The van der Waals surface area contributed by atoms with Gasteiger partial charge in [-0.3, -0.25) is 4.79 Å². The van der Waals surface area contributed by atoms with E-state index in [4.69, 9.17) is 5.73 Å². The van der Waals surface area contributed by atoms with Crippen molar-refractivity contribution >= 4 is 21.8 Å². The Labute approximate surface area is 144 Å². The van der Waals surface area contributed by atoms with E-state index in [1.807, 2.05) is 36.4 Å². The largest absolute Gasteiger partial charge is 0.412 e. The number of carbonyl (C=O) groups excluding carboxylic acids is 1. The molecule has 1 unspecified atom stereocenters. The van der Waals surface area contributed by atoms with E-state index in [0.29, 0.717) is 18.5 Å². The molecule has 6 heteroatoms. The van der Waals surface area contributed by atoms with E-state index < -0.39 is 6.23 Å². The van der Waals surface area contributed by atoms with Gasteiger partial charge in [0.25, 0.3) is 0 Å². The monoisotopic (exact) mass is 380 g/mol. The quantitative estimate of drug-likeness (QED) is 0.660. The molecule has 1 amide bonds. The van der Waals surface area contributed by atoms with Crippen molar-refractivity contribution < 1.29 is 15.4 Å². The van der Waals surface area contributed by atoms with Crippen LogP contribution in [0.4, 0.5) is 0 Å². The highest BCUT2D eigenvalue weighted by molar-refractivity contribution is 9.10. The van der Waals surface area contributed by atoms with Gasteiger partial charge in [-0.15, -0.1) is 0 Å². The number of halogens is 1. The molecule has 6 N–H and O–H groups in total. The molecule has 0 spiro atoms. The summed E-state index contributed by atoms with van der Waals surface area (Å²) in [5.74, 6) is 0.0105. The van der Waals surface area contributed by atoms with Crippen LogP contribution in [0.1, 0.15) is 22.9 Å². The lowest BCUT2D eigenvalue weighted by molar-refractivity contribution is -0.120. The fourth-order valence-electron chi connectivity index (χ4n) is 2.08. The molecule has 124 valence electrons. The molecule has 23 heavy (non-hydrogen) atoms. The highest BCUT2D eigenvalue weighted by Crippen LogP contribution is 2.11. The third kappa shape index (κ3) is 6.50. The van der Waals surface area contributed by atoms with Crippen molar-refractivity contribution in [1.82, 2.24) is 5.32 Å². The molecule has 0 aliphatic carbocycles. The van der Waals surface area contributed by atoms with Gasteiger partial charge in [0.1, 0.15) is 6.23 Å². The highest BCUT2D eigenvalue weighted by atomic mass is 79.9. The number of carbonyl (C=O) groups is 1. The summed E-state index contributed by atoms with van der Waals surface area (Å²) in [5.41, 5.74) is 8.14. The maximum atomic E-state index is 11.9. The molecule has 0 saturated heterocycles. The highest BCUT2D eigenvalue weighted by Gasteiger charge is 2.04. The first-order valence-corrected chi connectivity index (χ1v) is 7.87. The SMILES string of the molecule is NC(O)c1ccc(CCNC(=O)Cc2ccc(Br)cc2)cc1.O. The van der Waals surface area contributed by atoms with Gasteiger partial charge in [0.05, 0.1) is 6.42 Å². The van der Waals surface area contributed by atoms with Crippen LogP contribution in [0.5, 0.6) is 0 Å². The normalized spacial score (nSPS) is 11.4. The number of nitrogens with two attached hydrogens (primary N) is 1. The van der Waals surface area contributed by atoms with Crippen LogP contribution < -0.4 is 11.1 Å². The number of hydrogen-bond acceptors (Lipinski definition) is 3. The van der Waals surface area contributed by atoms with Crippen molar-refractivity contribution in [3.63, 3.8) is 0 Å². The van der Waals surface area contributed by atoms with Gasteiger partial charge in [0.2, 0.25) is 5.91 Å². The fraction of sp³-hybridized carbons (Fsp3) is 0.235. The van der Waals surface area contributed by atoms with E-state index in [9.17, 15) is 9.90 Å². The lowest BCUT2D eigenvalue weighted by atomic mass is 10.1. The van der Waals surface area contributed by atoms with Gasteiger partial charge < -0.3 is 21.6 Å². The Morgan fingerprint density at radius 2 is 1.65 bits per heavy atom. The van der Waals surface area contributed by atoms with Crippen molar-refractivity contribution in [2.75, 3.05) is 6.54 Å². The van der Waals surface area contributed by atoms with Crippen LogP contribution in [0.15, 0.2) is 53.0 Å². The molecule has 0 radical (unpaired) electrons. The minimum absolute atomic E-state index is 0. The fourth-order valence-corrected chi connectivity index (χ4v) is 2.34. The zero-order chi connectivity index (χ0) is 15.9. The topological polar surface area (TPSA) is 107 Å². The lowest BCUT2D eigenvalue weighted by Gasteiger charge is -2.08. The number of benzene rings is 2. The smallest absolute Gasteiger partial charge is 0.224 e. The molecule has 2 rings (SSSR count). The van der Waals surface area contributed by atoms with Crippen molar-refractivity contribution in [1.29, 1.82) is 0 Å². The van der Waals surface area contributed by atoms with Gasteiger partial charge in [-0.25, -0.2) is 0 Å². The number of nitrogens with one attached hydrogen (secondary N) is 1. The maximum absolute atomic E-state index is 11.9. The Balaban J connectivity index is 0.00000264. The number of amides is 1. The Morgan fingerprint density at radius 1 is 1.09 bits per heavy atom. The zero-order valence-electron chi connectivity index (χ0n) is 12.6. The van der Waals surface area contributed by atoms with Gasteiger partial charge >= 0.3 is 0 Å². The van der Waals surface area contributed by atoms with Gasteiger partial charge in [0, 0.05) is 11.0 Å². The first-order chi connectivity index (χ1) is 10.5. The minimum atomic E-state index is -0.945. The van der Waals surface area contributed by atoms with Crippen LogP contribution >= 0.6 is 15.9 Å². The first-order valence-electron chi connectivity index (χ1n) is 7.08. The van der Waals surface area contributed by atoms with E-state index in [1.54, 1.807) is 12.1 Å². The minimum Gasteiger partial charge on any atom is -0.412 e. The van der Waals surface area contributed by atoms with Crippen LogP contribution in [-0.4, -0.2) is 23.0 Å². The Kier molecular flexibility index (Phi) is 7.91. The zero-order valence-corrected chi connectivity index (χ0v) is 14.2. The van der Waals surface area contributed by atoms with E-state index in [1.165, 1.54) is 0 Å². The molecular weight excluding hydrogens is 360 g/mol. The molecule has 5 nitrogen and oxygen atoms in total. The predicted molar refractivity (Wildman–Crippen MR) is 93.8 cm³/mol. The average molecular weight is 381 g/mol. The van der Waals surface area contributed by atoms with Crippen molar-refractivity contribution in [3.8, 4) is 0 Å². The van der Waals surface area contributed by atoms with Crippen molar-refractivity contribution in [2.45, 2.75) is 19.1 Å². The summed E-state index contributed by atoms with van der Waals surface area (Å²) in [7, 11) is 0. The molecule has 0 bridgehead atoms.